The molecule has 1 atom stereocenters. The molecule has 0 fully saturated rings. The molecule has 8 heteroatoms. The fourth-order valence-corrected chi connectivity index (χ4v) is 3.21. The molecule has 1 aromatic carbocycles. The first-order valence-electron chi connectivity index (χ1n) is 6.04. The molecule has 0 bridgehead atoms. The Kier molecular flexibility index (Phi) is 5.00. The van der Waals surface area contributed by atoms with Crippen LogP contribution < -0.4 is 5.32 Å². The van der Waals surface area contributed by atoms with Crippen LogP contribution in [0.2, 0.25) is 0 Å². The van der Waals surface area contributed by atoms with E-state index in [2.05, 4.69) is 26.2 Å². The third-order valence-electron chi connectivity index (χ3n) is 2.73. The minimum Gasteiger partial charge on any atom is -0.306 e. The monoisotopic (exact) mass is 382 g/mol. The molecular weight excluding hydrogens is 372 g/mol. The van der Waals surface area contributed by atoms with Crippen molar-refractivity contribution in [3.63, 3.8) is 0 Å². The van der Waals surface area contributed by atoms with E-state index in [1.807, 2.05) is 6.92 Å². The minimum atomic E-state index is -4.47. The summed E-state index contributed by atoms with van der Waals surface area (Å²) in [6.07, 6.45) is -3.29. The number of halogens is 5. The van der Waals surface area contributed by atoms with Crippen LogP contribution in [0.5, 0.6) is 0 Å². The predicted molar refractivity (Wildman–Crippen MR) is 76.7 cm³/mol. The van der Waals surface area contributed by atoms with E-state index in [0.717, 1.165) is 0 Å². The second-order valence-electron chi connectivity index (χ2n) is 4.22. The number of nitrogens with zero attached hydrogens (tertiary/aromatic N) is 1. The van der Waals surface area contributed by atoms with Crippen LogP contribution in [0.3, 0.4) is 0 Å². The number of aromatic nitrogens is 1. The molecule has 1 heterocycles. The standard InChI is InChI=1S/C13H11BrF4N2S/c1-2-19-11(8-5-7(15)3-4-9(8)14)10-6-20-12(21-10)13(16,17)18/h3-6,11,19H,2H2,1H3. The molecule has 0 aliphatic carbocycles. The van der Waals surface area contributed by atoms with Gasteiger partial charge in [0.1, 0.15) is 5.82 Å². The largest absolute Gasteiger partial charge is 0.443 e. The Labute approximate surface area is 131 Å². The van der Waals surface area contributed by atoms with Gasteiger partial charge in [0.05, 0.1) is 6.04 Å². The molecule has 0 spiro atoms. The maximum Gasteiger partial charge on any atom is 0.443 e. The van der Waals surface area contributed by atoms with Crippen molar-refractivity contribution in [3.05, 3.63) is 50.1 Å². The van der Waals surface area contributed by atoms with Gasteiger partial charge in [-0.05, 0) is 30.3 Å². The van der Waals surface area contributed by atoms with Crippen molar-refractivity contribution in [1.82, 2.24) is 10.3 Å². The summed E-state index contributed by atoms with van der Waals surface area (Å²) < 4.78 is 52.0. The Morgan fingerprint density at radius 3 is 2.67 bits per heavy atom. The molecule has 21 heavy (non-hydrogen) atoms. The lowest BCUT2D eigenvalue weighted by atomic mass is 10.1. The summed E-state index contributed by atoms with van der Waals surface area (Å²) in [5.41, 5.74) is 0.536. The van der Waals surface area contributed by atoms with Crippen LogP contribution in [0.4, 0.5) is 17.6 Å². The number of thiazole rings is 1. The Morgan fingerprint density at radius 2 is 2.10 bits per heavy atom. The van der Waals surface area contributed by atoms with Gasteiger partial charge in [0, 0.05) is 15.5 Å². The van der Waals surface area contributed by atoms with Gasteiger partial charge in [-0.15, -0.1) is 11.3 Å². The molecule has 1 unspecified atom stereocenters. The van der Waals surface area contributed by atoms with Gasteiger partial charge in [0.15, 0.2) is 5.01 Å². The third-order valence-corrected chi connectivity index (χ3v) is 4.56. The molecule has 0 saturated carbocycles. The Bertz CT molecular complexity index is 627. The zero-order valence-electron chi connectivity index (χ0n) is 10.8. The van der Waals surface area contributed by atoms with Gasteiger partial charge in [-0.25, -0.2) is 9.37 Å². The van der Waals surface area contributed by atoms with E-state index in [9.17, 15) is 17.6 Å². The molecule has 0 saturated heterocycles. The highest BCUT2D eigenvalue weighted by atomic mass is 79.9. The smallest absolute Gasteiger partial charge is 0.306 e. The van der Waals surface area contributed by atoms with Crippen molar-refractivity contribution in [2.24, 2.45) is 0 Å². The number of hydrogen-bond acceptors (Lipinski definition) is 3. The molecule has 1 aromatic heterocycles. The molecular formula is C13H11BrF4N2S. The van der Waals surface area contributed by atoms with Crippen LogP contribution in [0, 0.1) is 5.82 Å². The maximum absolute atomic E-state index is 13.4. The van der Waals surface area contributed by atoms with Crippen LogP contribution in [0.15, 0.2) is 28.9 Å². The molecule has 0 radical (unpaired) electrons. The molecule has 0 aliphatic rings. The highest BCUT2D eigenvalue weighted by Crippen LogP contribution is 2.37. The zero-order valence-corrected chi connectivity index (χ0v) is 13.2. The van der Waals surface area contributed by atoms with Crippen molar-refractivity contribution < 1.29 is 17.6 Å². The summed E-state index contributed by atoms with van der Waals surface area (Å²) in [6.45, 7) is 2.35. The first-order valence-corrected chi connectivity index (χ1v) is 7.65. The lowest BCUT2D eigenvalue weighted by Crippen LogP contribution is -2.21. The molecule has 2 nitrogen and oxygen atoms in total. The number of benzene rings is 1. The first kappa shape index (κ1) is 16.4. The zero-order chi connectivity index (χ0) is 15.6. The predicted octanol–water partition coefficient (Wildman–Crippen LogP) is 4.76. The third kappa shape index (κ3) is 3.81. The summed E-state index contributed by atoms with van der Waals surface area (Å²) in [5, 5.41) is 2.15. The Balaban J connectivity index is 2.44. The van der Waals surface area contributed by atoms with Crippen LogP contribution >= 0.6 is 27.3 Å². The van der Waals surface area contributed by atoms with Crippen LogP contribution in [0.25, 0.3) is 0 Å². The highest BCUT2D eigenvalue weighted by molar-refractivity contribution is 9.10. The van der Waals surface area contributed by atoms with E-state index in [4.69, 9.17) is 0 Å². The quantitative estimate of drug-likeness (QED) is 0.770. The lowest BCUT2D eigenvalue weighted by Gasteiger charge is -2.18. The number of hydrogen-bond donors (Lipinski definition) is 1. The van der Waals surface area contributed by atoms with Gasteiger partial charge in [0.2, 0.25) is 0 Å². The van der Waals surface area contributed by atoms with Crippen molar-refractivity contribution in [2.75, 3.05) is 6.54 Å². The van der Waals surface area contributed by atoms with Gasteiger partial charge < -0.3 is 5.32 Å². The Morgan fingerprint density at radius 1 is 1.38 bits per heavy atom. The van der Waals surface area contributed by atoms with E-state index >= 15 is 0 Å². The minimum absolute atomic E-state index is 0.385. The van der Waals surface area contributed by atoms with Crippen molar-refractivity contribution in [1.29, 1.82) is 0 Å². The van der Waals surface area contributed by atoms with Crippen molar-refractivity contribution in [3.8, 4) is 0 Å². The summed E-state index contributed by atoms with van der Waals surface area (Å²) in [6, 6.07) is 3.56. The van der Waals surface area contributed by atoms with Crippen LogP contribution in [-0.2, 0) is 6.18 Å². The second kappa shape index (κ2) is 6.41. The summed E-state index contributed by atoms with van der Waals surface area (Å²) in [4.78, 5) is 3.80. The van der Waals surface area contributed by atoms with Gasteiger partial charge in [-0.3, -0.25) is 0 Å². The second-order valence-corrected chi connectivity index (χ2v) is 6.14. The van der Waals surface area contributed by atoms with E-state index in [-0.39, 0.29) is 0 Å². The van der Waals surface area contributed by atoms with Gasteiger partial charge in [-0.2, -0.15) is 13.2 Å². The van der Waals surface area contributed by atoms with E-state index < -0.39 is 23.0 Å². The lowest BCUT2D eigenvalue weighted by molar-refractivity contribution is -0.137. The SMILES string of the molecule is CCNC(c1cnc(C(F)(F)F)s1)c1cc(F)ccc1Br. The summed E-state index contributed by atoms with van der Waals surface area (Å²) in [7, 11) is 0. The molecule has 2 aromatic rings. The normalized spacial score (nSPS) is 13.4. The molecule has 0 amide bonds. The van der Waals surface area contributed by atoms with Gasteiger partial charge in [-0.1, -0.05) is 22.9 Å². The average Bonchev–Trinajstić information content (AvgIpc) is 2.88. The molecule has 0 aliphatic heterocycles. The summed E-state index contributed by atoms with van der Waals surface area (Å²) >= 11 is 3.86. The van der Waals surface area contributed by atoms with Gasteiger partial charge >= 0.3 is 6.18 Å². The summed E-state index contributed by atoms with van der Waals surface area (Å²) in [5.74, 6) is -0.448. The highest BCUT2D eigenvalue weighted by Gasteiger charge is 2.35. The first-order chi connectivity index (χ1) is 9.82. The number of alkyl halides is 3. The fourth-order valence-electron chi connectivity index (χ4n) is 1.85. The molecule has 114 valence electrons. The number of nitrogens with one attached hydrogen (secondary N) is 1. The van der Waals surface area contributed by atoms with Crippen molar-refractivity contribution in [2.45, 2.75) is 19.1 Å². The average molecular weight is 383 g/mol. The van der Waals surface area contributed by atoms with E-state index in [1.54, 1.807) is 0 Å². The van der Waals surface area contributed by atoms with Crippen LogP contribution in [0.1, 0.15) is 28.4 Å². The van der Waals surface area contributed by atoms with Crippen molar-refractivity contribution >= 4 is 27.3 Å². The molecule has 2 rings (SSSR count). The van der Waals surface area contributed by atoms with E-state index in [0.29, 0.717) is 32.8 Å². The van der Waals surface area contributed by atoms with Crippen LogP contribution in [-0.4, -0.2) is 11.5 Å². The topological polar surface area (TPSA) is 24.9 Å². The van der Waals surface area contributed by atoms with E-state index in [1.165, 1.54) is 24.4 Å². The fraction of sp³-hybridized carbons (Fsp3) is 0.308. The Hall–Kier alpha value is -0.990. The van der Waals surface area contributed by atoms with Gasteiger partial charge in [0.25, 0.3) is 0 Å². The molecule has 1 N–H and O–H groups in total. The maximum atomic E-state index is 13.4. The number of rotatable bonds is 4.